The number of rotatable bonds is 3. The zero-order valence-corrected chi connectivity index (χ0v) is 12.3. The fourth-order valence-corrected chi connectivity index (χ4v) is 2.20. The number of amides is 2. The van der Waals surface area contributed by atoms with Gasteiger partial charge in [-0.2, -0.15) is 9.78 Å². The molecule has 7 heteroatoms. The van der Waals surface area contributed by atoms with Crippen LogP contribution < -0.4 is 10.6 Å². The third-order valence-electron chi connectivity index (χ3n) is 3.47. The number of hydrogen-bond donors (Lipinski definition) is 2. The van der Waals surface area contributed by atoms with Gasteiger partial charge in [0.1, 0.15) is 5.82 Å². The molecule has 2 amide bonds. The molecule has 1 fully saturated rings. The molecule has 0 spiro atoms. The van der Waals surface area contributed by atoms with E-state index in [0.717, 1.165) is 17.8 Å². The first-order chi connectivity index (χ1) is 10.0. The molecule has 1 aliphatic carbocycles. The van der Waals surface area contributed by atoms with E-state index in [1.807, 2.05) is 19.9 Å². The summed E-state index contributed by atoms with van der Waals surface area (Å²) in [6.07, 6.45) is 2.64. The molecule has 2 atom stereocenters. The maximum atomic E-state index is 11.9. The highest BCUT2D eigenvalue weighted by molar-refractivity contribution is 5.88. The summed E-state index contributed by atoms with van der Waals surface area (Å²) < 4.78 is 1.52. The lowest BCUT2D eigenvalue weighted by Gasteiger charge is -2.09. The van der Waals surface area contributed by atoms with Gasteiger partial charge in [-0.1, -0.05) is 6.92 Å². The smallest absolute Gasteiger partial charge is 0.320 e. The van der Waals surface area contributed by atoms with Crippen LogP contribution >= 0.6 is 0 Å². The molecular weight excluding hydrogens is 268 g/mol. The molecule has 2 N–H and O–H groups in total. The third kappa shape index (κ3) is 3.01. The van der Waals surface area contributed by atoms with Gasteiger partial charge in [0.15, 0.2) is 0 Å². The molecule has 0 unspecified atom stereocenters. The summed E-state index contributed by atoms with van der Waals surface area (Å²) in [4.78, 5) is 20.6. The van der Waals surface area contributed by atoms with Crippen molar-refractivity contribution in [2.75, 3.05) is 5.32 Å². The van der Waals surface area contributed by atoms with Crippen molar-refractivity contribution in [1.82, 2.24) is 25.1 Å². The number of aryl methyl sites for hydroxylation is 2. The van der Waals surface area contributed by atoms with E-state index in [1.165, 1.54) is 4.68 Å². The van der Waals surface area contributed by atoms with E-state index in [1.54, 1.807) is 12.3 Å². The van der Waals surface area contributed by atoms with Crippen molar-refractivity contribution in [2.24, 2.45) is 5.92 Å². The van der Waals surface area contributed by atoms with Gasteiger partial charge in [-0.3, -0.25) is 5.32 Å². The molecule has 7 nitrogen and oxygen atoms in total. The van der Waals surface area contributed by atoms with E-state index < -0.39 is 0 Å². The van der Waals surface area contributed by atoms with Gasteiger partial charge in [-0.05, 0) is 32.3 Å². The van der Waals surface area contributed by atoms with Gasteiger partial charge in [0.25, 0.3) is 5.95 Å². The van der Waals surface area contributed by atoms with Crippen LogP contribution in [-0.2, 0) is 0 Å². The van der Waals surface area contributed by atoms with Crippen LogP contribution in [0.1, 0.15) is 24.7 Å². The van der Waals surface area contributed by atoms with Crippen molar-refractivity contribution >= 4 is 11.8 Å². The molecule has 2 aromatic rings. The highest BCUT2D eigenvalue weighted by atomic mass is 16.2. The first kappa shape index (κ1) is 13.5. The fourth-order valence-electron chi connectivity index (χ4n) is 2.20. The number of carbonyl (C=O) groups excluding carboxylic acids is 1. The minimum absolute atomic E-state index is 0.226. The Labute approximate surface area is 122 Å². The van der Waals surface area contributed by atoms with E-state index in [-0.39, 0.29) is 12.1 Å². The Morgan fingerprint density at radius 2 is 2.00 bits per heavy atom. The molecule has 21 heavy (non-hydrogen) atoms. The molecule has 0 radical (unpaired) electrons. The molecule has 1 aliphatic rings. The summed E-state index contributed by atoms with van der Waals surface area (Å²) >= 11 is 0. The van der Waals surface area contributed by atoms with Gasteiger partial charge in [0.2, 0.25) is 0 Å². The van der Waals surface area contributed by atoms with E-state index in [4.69, 9.17) is 0 Å². The summed E-state index contributed by atoms with van der Waals surface area (Å²) in [5.74, 6) is 1.56. The van der Waals surface area contributed by atoms with E-state index in [9.17, 15) is 4.79 Å². The summed E-state index contributed by atoms with van der Waals surface area (Å²) in [7, 11) is 0. The molecule has 0 bridgehead atoms. The average Bonchev–Trinajstić information content (AvgIpc) is 2.89. The molecule has 0 aromatic carbocycles. The second-order valence-corrected chi connectivity index (χ2v) is 5.50. The monoisotopic (exact) mass is 286 g/mol. The Morgan fingerprint density at radius 3 is 2.62 bits per heavy atom. The highest BCUT2D eigenvalue weighted by Gasteiger charge is 2.33. The number of urea groups is 1. The van der Waals surface area contributed by atoms with Crippen molar-refractivity contribution in [3.05, 3.63) is 29.7 Å². The first-order valence-electron chi connectivity index (χ1n) is 6.97. The molecule has 2 heterocycles. The second-order valence-electron chi connectivity index (χ2n) is 5.50. The molecule has 2 aromatic heterocycles. The van der Waals surface area contributed by atoms with Gasteiger partial charge in [0, 0.05) is 23.5 Å². The van der Waals surface area contributed by atoms with Gasteiger partial charge in [-0.15, -0.1) is 0 Å². The topological polar surface area (TPSA) is 84.7 Å². The van der Waals surface area contributed by atoms with Crippen LogP contribution in [0.4, 0.5) is 10.6 Å². The Morgan fingerprint density at radius 1 is 1.33 bits per heavy atom. The molecule has 110 valence electrons. The van der Waals surface area contributed by atoms with Gasteiger partial charge in [0.05, 0.1) is 6.20 Å². The maximum Gasteiger partial charge on any atom is 0.320 e. The lowest BCUT2D eigenvalue weighted by molar-refractivity contribution is 0.251. The van der Waals surface area contributed by atoms with Crippen molar-refractivity contribution in [3.63, 3.8) is 0 Å². The Balaban J connectivity index is 1.78. The van der Waals surface area contributed by atoms with E-state index >= 15 is 0 Å². The number of nitrogens with one attached hydrogen (secondary N) is 2. The van der Waals surface area contributed by atoms with E-state index in [2.05, 4.69) is 32.6 Å². The number of hydrogen-bond acceptors (Lipinski definition) is 4. The van der Waals surface area contributed by atoms with Crippen LogP contribution in [0, 0.1) is 19.8 Å². The first-order valence-corrected chi connectivity index (χ1v) is 6.97. The van der Waals surface area contributed by atoms with Crippen LogP contribution in [-0.4, -0.2) is 31.8 Å². The lowest BCUT2D eigenvalue weighted by atomic mass is 10.4. The maximum absolute atomic E-state index is 11.9. The quantitative estimate of drug-likeness (QED) is 0.901. The average molecular weight is 286 g/mol. The summed E-state index contributed by atoms with van der Waals surface area (Å²) in [5.41, 5.74) is 1.71. The number of carbonyl (C=O) groups is 1. The zero-order chi connectivity index (χ0) is 15.0. The minimum atomic E-state index is -0.226. The molecule has 0 saturated heterocycles. The van der Waals surface area contributed by atoms with Crippen molar-refractivity contribution in [1.29, 1.82) is 0 Å². The third-order valence-corrected chi connectivity index (χ3v) is 3.47. The molecule has 1 saturated carbocycles. The normalized spacial score (nSPS) is 20.1. The van der Waals surface area contributed by atoms with Crippen LogP contribution in [0.2, 0.25) is 0 Å². The fraction of sp³-hybridized carbons (Fsp3) is 0.429. The molecule has 3 rings (SSSR count). The second kappa shape index (κ2) is 5.16. The predicted octanol–water partition coefficient (Wildman–Crippen LogP) is 1.81. The minimum Gasteiger partial charge on any atom is -0.335 e. The summed E-state index contributed by atoms with van der Waals surface area (Å²) in [6, 6.07) is 3.66. The van der Waals surface area contributed by atoms with Crippen LogP contribution in [0.3, 0.4) is 0 Å². The zero-order valence-electron chi connectivity index (χ0n) is 12.3. The largest absolute Gasteiger partial charge is 0.335 e. The Hall–Kier alpha value is -2.44. The summed E-state index contributed by atoms with van der Waals surface area (Å²) in [5, 5.41) is 9.88. The number of anilines is 1. The van der Waals surface area contributed by atoms with Gasteiger partial charge >= 0.3 is 6.03 Å². The van der Waals surface area contributed by atoms with Gasteiger partial charge < -0.3 is 5.32 Å². The van der Waals surface area contributed by atoms with Crippen LogP contribution in [0.25, 0.3) is 5.95 Å². The highest BCUT2D eigenvalue weighted by Crippen LogP contribution is 2.28. The predicted molar refractivity (Wildman–Crippen MR) is 78.4 cm³/mol. The molecule has 0 aliphatic heterocycles. The standard InChI is InChI=1S/C14H18N6O/c1-8-6-11(8)18-14(21)19-12-4-5-15-20(12)13-16-9(2)7-10(3)17-13/h4-5,7-8,11H,6H2,1-3H3,(H2,18,19,21)/t8-,11+/m0/s1. The lowest BCUT2D eigenvalue weighted by Crippen LogP contribution is -2.32. The Kier molecular flexibility index (Phi) is 3.32. The van der Waals surface area contributed by atoms with Crippen molar-refractivity contribution in [3.8, 4) is 5.95 Å². The van der Waals surface area contributed by atoms with Crippen LogP contribution in [0.15, 0.2) is 18.3 Å². The number of aromatic nitrogens is 4. The van der Waals surface area contributed by atoms with Crippen molar-refractivity contribution in [2.45, 2.75) is 33.2 Å². The SMILES string of the molecule is Cc1cc(C)nc(-n2nccc2NC(=O)N[C@@H]2C[C@@H]2C)n1. The van der Waals surface area contributed by atoms with Crippen molar-refractivity contribution < 1.29 is 4.79 Å². The number of nitrogens with zero attached hydrogens (tertiary/aromatic N) is 4. The molecular formula is C14H18N6O. The Bertz CT molecular complexity index is 660. The van der Waals surface area contributed by atoms with Gasteiger partial charge in [-0.25, -0.2) is 14.8 Å². The summed E-state index contributed by atoms with van der Waals surface area (Å²) in [6.45, 7) is 5.91. The van der Waals surface area contributed by atoms with E-state index in [0.29, 0.717) is 17.7 Å². The van der Waals surface area contributed by atoms with Crippen LogP contribution in [0.5, 0.6) is 0 Å².